The summed E-state index contributed by atoms with van der Waals surface area (Å²) in [4.78, 5) is 0.530. The molecule has 82 valence electrons. The first-order valence-corrected chi connectivity index (χ1v) is 6.70. The van der Waals surface area contributed by atoms with E-state index in [1.165, 1.54) is 0 Å². The Hall–Kier alpha value is -0.870. The molecular formula is C11H15NO2S. The van der Waals surface area contributed by atoms with E-state index in [9.17, 15) is 8.42 Å². The lowest BCUT2D eigenvalue weighted by molar-refractivity contribution is 0.598. The molecule has 1 aliphatic heterocycles. The lowest BCUT2D eigenvalue weighted by Gasteiger charge is -2.09. The molecule has 0 fully saturated rings. The molecule has 0 aromatic heterocycles. The fraction of sp³-hybridized carbons (Fsp3) is 0.455. The third-order valence-corrected chi connectivity index (χ3v) is 4.79. The van der Waals surface area contributed by atoms with Crippen LogP contribution in [0.4, 0.5) is 0 Å². The van der Waals surface area contributed by atoms with Crippen molar-refractivity contribution in [1.82, 2.24) is 5.32 Å². The van der Waals surface area contributed by atoms with Gasteiger partial charge in [-0.25, -0.2) is 8.42 Å². The Bertz CT molecular complexity index is 479. The summed E-state index contributed by atoms with van der Waals surface area (Å²) >= 11 is 0. The predicted molar refractivity (Wildman–Crippen MR) is 59.7 cm³/mol. The maximum Gasteiger partial charge on any atom is 0.179 e. The molecule has 1 aromatic rings. The summed E-state index contributed by atoms with van der Waals surface area (Å²) in [6, 6.07) is 5.53. The molecule has 0 amide bonds. The number of sulfone groups is 1. The average molecular weight is 225 g/mol. The average Bonchev–Trinajstić information content (AvgIpc) is 2.39. The summed E-state index contributed by atoms with van der Waals surface area (Å²) in [5, 5.41) is 3.07. The van der Waals surface area contributed by atoms with Gasteiger partial charge in [-0.15, -0.1) is 0 Å². The number of benzene rings is 1. The molecule has 1 aromatic carbocycles. The highest BCUT2D eigenvalue weighted by Gasteiger charge is 2.33. The minimum absolute atomic E-state index is 0.120. The highest BCUT2D eigenvalue weighted by molar-refractivity contribution is 7.91. The van der Waals surface area contributed by atoms with Crippen LogP contribution in [-0.4, -0.2) is 21.2 Å². The van der Waals surface area contributed by atoms with Crippen molar-refractivity contribution in [2.24, 2.45) is 0 Å². The third kappa shape index (κ3) is 1.68. The minimum atomic E-state index is -3.02. The number of hydrogen-bond donors (Lipinski definition) is 1. The normalized spacial score (nSPS) is 22.7. The van der Waals surface area contributed by atoms with Gasteiger partial charge in [0.05, 0.1) is 10.6 Å². The highest BCUT2D eigenvalue weighted by Crippen LogP contribution is 2.36. The van der Waals surface area contributed by atoms with Crippen molar-refractivity contribution in [3.63, 3.8) is 0 Å². The Labute approximate surface area is 90.4 Å². The van der Waals surface area contributed by atoms with E-state index in [-0.39, 0.29) is 11.7 Å². The van der Waals surface area contributed by atoms with Crippen LogP contribution < -0.4 is 5.32 Å². The maximum absolute atomic E-state index is 11.8. The summed E-state index contributed by atoms with van der Waals surface area (Å²) < 4.78 is 23.6. The second-order valence-electron chi connectivity index (χ2n) is 4.04. The number of fused-ring (bicyclic) bond motifs is 1. The molecule has 1 N–H and O–H groups in total. The summed E-state index contributed by atoms with van der Waals surface area (Å²) in [7, 11) is -1.15. The molecular weight excluding hydrogens is 210 g/mol. The molecule has 0 saturated heterocycles. The van der Waals surface area contributed by atoms with Crippen molar-refractivity contribution in [2.75, 3.05) is 12.8 Å². The minimum Gasteiger partial charge on any atom is -0.316 e. The molecule has 1 aliphatic rings. The van der Waals surface area contributed by atoms with Gasteiger partial charge in [-0.05, 0) is 30.2 Å². The zero-order valence-electron chi connectivity index (χ0n) is 8.95. The molecule has 2 rings (SSSR count). The van der Waals surface area contributed by atoms with Gasteiger partial charge in [-0.2, -0.15) is 0 Å². The summed E-state index contributed by atoms with van der Waals surface area (Å²) in [6.45, 7) is 2.70. The van der Waals surface area contributed by atoms with E-state index in [4.69, 9.17) is 0 Å². The van der Waals surface area contributed by atoms with Gasteiger partial charge in [0.2, 0.25) is 0 Å². The zero-order valence-corrected chi connectivity index (χ0v) is 9.76. The molecule has 15 heavy (non-hydrogen) atoms. The molecule has 1 heterocycles. The van der Waals surface area contributed by atoms with Crippen LogP contribution in [-0.2, 0) is 16.4 Å². The van der Waals surface area contributed by atoms with Crippen LogP contribution in [0.3, 0.4) is 0 Å². The first-order valence-electron chi connectivity index (χ1n) is 5.05. The Morgan fingerprint density at radius 2 is 2.20 bits per heavy atom. The smallest absolute Gasteiger partial charge is 0.179 e. The van der Waals surface area contributed by atoms with E-state index in [0.29, 0.717) is 4.90 Å². The quantitative estimate of drug-likeness (QED) is 0.825. The van der Waals surface area contributed by atoms with Crippen molar-refractivity contribution < 1.29 is 8.42 Å². The van der Waals surface area contributed by atoms with Gasteiger partial charge in [0.1, 0.15) is 0 Å². The molecule has 3 nitrogen and oxygen atoms in total. The lowest BCUT2D eigenvalue weighted by atomic mass is 9.97. The zero-order chi connectivity index (χ0) is 11.1. The Balaban J connectivity index is 2.62. The number of rotatable bonds is 2. The predicted octanol–water partition coefficient (Wildman–Crippen LogP) is 1.30. The van der Waals surface area contributed by atoms with Crippen LogP contribution in [0.15, 0.2) is 23.1 Å². The number of hydrogen-bond acceptors (Lipinski definition) is 3. The van der Waals surface area contributed by atoms with E-state index in [0.717, 1.165) is 17.7 Å². The largest absolute Gasteiger partial charge is 0.316 e. The Morgan fingerprint density at radius 3 is 2.87 bits per heavy atom. The second-order valence-corrected chi connectivity index (χ2v) is 6.04. The summed E-state index contributed by atoms with van der Waals surface area (Å²) in [6.07, 6.45) is 0. The van der Waals surface area contributed by atoms with Gasteiger partial charge >= 0.3 is 0 Å². The lowest BCUT2D eigenvalue weighted by Crippen LogP contribution is -2.08. The molecule has 0 bridgehead atoms. The van der Waals surface area contributed by atoms with Crippen LogP contribution in [0.2, 0.25) is 0 Å². The van der Waals surface area contributed by atoms with Crippen LogP contribution in [0.25, 0.3) is 0 Å². The topological polar surface area (TPSA) is 46.2 Å². The van der Waals surface area contributed by atoms with Crippen molar-refractivity contribution in [1.29, 1.82) is 0 Å². The van der Waals surface area contributed by atoms with Crippen molar-refractivity contribution >= 4 is 9.84 Å². The highest BCUT2D eigenvalue weighted by atomic mass is 32.2. The molecule has 1 unspecified atom stereocenters. The van der Waals surface area contributed by atoms with Gasteiger partial charge in [0, 0.05) is 6.54 Å². The monoisotopic (exact) mass is 225 g/mol. The SMILES string of the molecule is CNCc1cccc2c1C(C)CS2(=O)=O. The number of nitrogens with one attached hydrogen (secondary N) is 1. The first-order chi connectivity index (χ1) is 7.06. The van der Waals surface area contributed by atoms with E-state index >= 15 is 0 Å². The van der Waals surface area contributed by atoms with E-state index in [2.05, 4.69) is 5.32 Å². The standard InChI is InChI=1S/C11H15NO2S/c1-8-7-15(13,14)10-5-3-4-9(6-12-2)11(8)10/h3-5,8,12H,6-7H2,1-2H3. The Kier molecular flexibility index (Phi) is 2.56. The first kappa shape index (κ1) is 10.6. The fourth-order valence-corrected chi connectivity index (χ4v) is 4.22. The Morgan fingerprint density at radius 1 is 1.47 bits per heavy atom. The fourth-order valence-electron chi connectivity index (χ4n) is 2.27. The molecule has 1 atom stereocenters. The summed E-state index contributed by atoms with van der Waals surface area (Å²) in [5.74, 6) is 0.373. The van der Waals surface area contributed by atoms with Gasteiger partial charge in [0.25, 0.3) is 0 Å². The van der Waals surface area contributed by atoms with Crippen molar-refractivity contribution in [2.45, 2.75) is 24.3 Å². The van der Waals surface area contributed by atoms with E-state index < -0.39 is 9.84 Å². The van der Waals surface area contributed by atoms with Crippen molar-refractivity contribution in [3.8, 4) is 0 Å². The van der Waals surface area contributed by atoms with E-state index in [1.807, 2.05) is 26.1 Å². The molecule has 4 heteroatoms. The van der Waals surface area contributed by atoms with E-state index in [1.54, 1.807) is 6.07 Å². The van der Waals surface area contributed by atoms with Gasteiger partial charge < -0.3 is 5.32 Å². The van der Waals surface area contributed by atoms with Crippen molar-refractivity contribution in [3.05, 3.63) is 29.3 Å². The van der Waals surface area contributed by atoms with Gasteiger partial charge in [-0.1, -0.05) is 19.1 Å². The van der Waals surface area contributed by atoms with Crippen LogP contribution in [0.1, 0.15) is 24.0 Å². The summed E-state index contributed by atoms with van der Waals surface area (Å²) in [5.41, 5.74) is 2.11. The maximum atomic E-state index is 11.8. The molecule has 0 aliphatic carbocycles. The van der Waals surface area contributed by atoms with Crippen LogP contribution in [0.5, 0.6) is 0 Å². The third-order valence-electron chi connectivity index (χ3n) is 2.82. The molecule has 0 radical (unpaired) electrons. The van der Waals surface area contributed by atoms with Gasteiger partial charge in [-0.3, -0.25) is 0 Å². The molecule has 0 spiro atoms. The van der Waals surface area contributed by atoms with Crippen LogP contribution >= 0.6 is 0 Å². The second kappa shape index (κ2) is 3.61. The molecule has 0 saturated carbocycles. The van der Waals surface area contributed by atoms with Gasteiger partial charge in [0.15, 0.2) is 9.84 Å². The van der Waals surface area contributed by atoms with Crippen LogP contribution in [0, 0.1) is 0 Å².